The largest absolute Gasteiger partial charge is 0.483 e. The molecule has 1 aromatic rings. The lowest BCUT2D eigenvalue weighted by Crippen LogP contribution is -2.71. The van der Waals surface area contributed by atoms with Gasteiger partial charge in [0.25, 0.3) is 11.8 Å². The molecule has 32 heavy (non-hydrogen) atoms. The van der Waals surface area contributed by atoms with Crippen LogP contribution < -0.4 is 10.1 Å². The Kier molecular flexibility index (Phi) is 7.36. The van der Waals surface area contributed by atoms with Crippen molar-refractivity contribution in [2.24, 2.45) is 5.16 Å². The van der Waals surface area contributed by atoms with Crippen molar-refractivity contribution < 1.29 is 38.6 Å². The van der Waals surface area contributed by atoms with Crippen molar-refractivity contribution in [3.05, 3.63) is 41.1 Å². The maximum atomic E-state index is 12.6. The fourth-order valence-electron chi connectivity index (χ4n) is 3.17. The van der Waals surface area contributed by atoms with Crippen LogP contribution in [-0.2, 0) is 28.8 Å². The van der Waals surface area contributed by atoms with Crippen molar-refractivity contribution in [3.63, 3.8) is 0 Å². The molecule has 2 aliphatic rings. The van der Waals surface area contributed by atoms with Crippen molar-refractivity contribution >= 4 is 41.7 Å². The molecule has 0 aliphatic carbocycles. The SMILES string of the molecule is CO/N=C/c1ccccc1OCC(=O)NC1C(=O)N2C(C(=O)O)=C(COC(C)=O)CS[C@@H]12. The second-order valence-electron chi connectivity index (χ2n) is 6.74. The van der Waals surface area contributed by atoms with E-state index in [1.165, 1.54) is 32.0 Å². The van der Waals surface area contributed by atoms with Crippen LogP contribution in [0.1, 0.15) is 12.5 Å². The minimum Gasteiger partial charge on any atom is -0.483 e. The monoisotopic (exact) mass is 463 g/mol. The Balaban J connectivity index is 1.62. The molecule has 0 saturated carbocycles. The number of hydrogen-bond acceptors (Lipinski definition) is 9. The summed E-state index contributed by atoms with van der Waals surface area (Å²) in [6.07, 6.45) is 1.44. The number of hydrogen-bond donors (Lipinski definition) is 2. The molecule has 1 aromatic carbocycles. The normalized spacial score (nSPS) is 19.8. The third-order valence-electron chi connectivity index (χ3n) is 4.59. The van der Waals surface area contributed by atoms with Crippen LogP contribution in [0.2, 0.25) is 0 Å². The second-order valence-corrected chi connectivity index (χ2v) is 7.84. The number of carboxylic acid groups (broad SMARTS) is 1. The number of ether oxygens (including phenoxy) is 2. The molecule has 2 atom stereocenters. The number of thioether (sulfide) groups is 1. The Labute approximate surface area is 187 Å². The number of carbonyl (C=O) groups excluding carboxylic acids is 3. The first-order chi connectivity index (χ1) is 15.3. The number of benzene rings is 1. The van der Waals surface area contributed by atoms with Crippen LogP contribution in [0.25, 0.3) is 0 Å². The number of para-hydroxylation sites is 1. The molecule has 170 valence electrons. The number of β-lactam (4-membered cyclic amide) rings is 1. The zero-order chi connectivity index (χ0) is 23.3. The minimum atomic E-state index is -1.30. The highest BCUT2D eigenvalue weighted by atomic mass is 32.2. The smallest absolute Gasteiger partial charge is 0.352 e. The molecule has 1 fully saturated rings. The lowest BCUT2D eigenvalue weighted by molar-refractivity contribution is -0.151. The fourth-order valence-corrected chi connectivity index (χ4v) is 4.50. The van der Waals surface area contributed by atoms with Gasteiger partial charge >= 0.3 is 11.9 Å². The van der Waals surface area contributed by atoms with Gasteiger partial charge in [0.15, 0.2) is 6.61 Å². The van der Waals surface area contributed by atoms with Crippen LogP contribution in [0, 0.1) is 0 Å². The number of nitrogens with one attached hydrogen (secondary N) is 1. The molecular formula is C20H21N3O8S. The van der Waals surface area contributed by atoms with Gasteiger partial charge in [-0.15, -0.1) is 11.8 Å². The van der Waals surface area contributed by atoms with Crippen LogP contribution in [0.3, 0.4) is 0 Å². The van der Waals surface area contributed by atoms with Crippen molar-refractivity contribution in [2.45, 2.75) is 18.3 Å². The zero-order valence-corrected chi connectivity index (χ0v) is 18.1. The third kappa shape index (κ3) is 5.02. The predicted molar refractivity (Wildman–Crippen MR) is 113 cm³/mol. The van der Waals surface area contributed by atoms with E-state index in [0.717, 1.165) is 4.90 Å². The predicted octanol–water partition coefficient (Wildman–Crippen LogP) is 0.347. The summed E-state index contributed by atoms with van der Waals surface area (Å²) in [5.74, 6) is -2.28. The fraction of sp³-hybridized carbons (Fsp3) is 0.350. The van der Waals surface area contributed by atoms with E-state index in [0.29, 0.717) is 16.9 Å². The summed E-state index contributed by atoms with van der Waals surface area (Å²) in [7, 11) is 1.40. The molecule has 12 heteroatoms. The van der Waals surface area contributed by atoms with Crippen LogP contribution in [-0.4, -0.2) is 77.5 Å². The van der Waals surface area contributed by atoms with E-state index in [1.807, 2.05) is 0 Å². The molecule has 11 nitrogen and oxygen atoms in total. The standard InChI is InChI=1S/C20H21N3O8S/c1-11(24)30-8-13-10-32-19-16(18(26)23(19)17(13)20(27)28)22-15(25)9-31-14-6-4-3-5-12(14)7-21-29-2/h3-7,16,19H,8-10H2,1-2H3,(H,22,25)(H,27,28)/b21-7+/t16?,19-/m0/s1. The molecule has 2 heterocycles. The zero-order valence-electron chi connectivity index (χ0n) is 17.3. The number of aliphatic carboxylic acids is 1. The van der Waals surface area contributed by atoms with Gasteiger partial charge in [0.05, 0.1) is 6.21 Å². The van der Waals surface area contributed by atoms with Crippen LogP contribution in [0.15, 0.2) is 40.7 Å². The van der Waals surface area contributed by atoms with Crippen molar-refractivity contribution in [2.75, 3.05) is 26.1 Å². The molecule has 2 aliphatic heterocycles. The van der Waals surface area contributed by atoms with E-state index >= 15 is 0 Å². The number of esters is 1. The maximum absolute atomic E-state index is 12.6. The van der Waals surface area contributed by atoms with Gasteiger partial charge < -0.3 is 24.7 Å². The van der Waals surface area contributed by atoms with Crippen LogP contribution in [0.5, 0.6) is 5.75 Å². The molecule has 0 bridgehead atoms. The molecule has 1 unspecified atom stereocenters. The number of amides is 2. The van der Waals surface area contributed by atoms with Gasteiger partial charge in [0.1, 0.15) is 36.6 Å². The Morgan fingerprint density at radius 1 is 1.34 bits per heavy atom. The highest BCUT2D eigenvalue weighted by Crippen LogP contribution is 2.40. The van der Waals surface area contributed by atoms with Gasteiger partial charge in [-0.05, 0) is 12.1 Å². The van der Waals surface area contributed by atoms with Gasteiger partial charge in [-0.1, -0.05) is 17.3 Å². The van der Waals surface area contributed by atoms with Crippen LogP contribution in [0.4, 0.5) is 0 Å². The van der Waals surface area contributed by atoms with E-state index in [-0.39, 0.29) is 24.7 Å². The topological polar surface area (TPSA) is 144 Å². The Morgan fingerprint density at radius 2 is 2.09 bits per heavy atom. The van der Waals surface area contributed by atoms with Crippen molar-refractivity contribution in [1.29, 1.82) is 0 Å². The van der Waals surface area contributed by atoms with Gasteiger partial charge in [-0.25, -0.2) is 4.79 Å². The summed E-state index contributed by atoms with van der Waals surface area (Å²) in [5, 5.41) is 15.2. The first-order valence-corrected chi connectivity index (χ1v) is 10.5. The molecular weight excluding hydrogens is 442 g/mol. The summed E-state index contributed by atoms with van der Waals surface area (Å²) >= 11 is 1.28. The van der Waals surface area contributed by atoms with Gasteiger partial charge in [-0.3, -0.25) is 19.3 Å². The summed E-state index contributed by atoms with van der Waals surface area (Å²) in [4.78, 5) is 53.5. The summed E-state index contributed by atoms with van der Waals surface area (Å²) < 4.78 is 10.4. The molecule has 2 amide bonds. The lowest BCUT2D eigenvalue weighted by Gasteiger charge is -2.49. The Hall–Kier alpha value is -3.54. The number of carbonyl (C=O) groups is 4. The summed E-state index contributed by atoms with van der Waals surface area (Å²) in [6, 6.07) is 6.01. The highest BCUT2D eigenvalue weighted by molar-refractivity contribution is 8.00. The van der Waals surface area contributed by atoms with E-state index < -0.39 is 35.2 Å². The molecule has 0 radical (unpaired) electrons. The lowest BCUT2D eigenvalue weighted by atomic mass is 10.0. The quantitative estimate of drug-likeness (QED) is 0.229. The maximum Gasteiger partial charge on any atom is 0.352 e. The second kappa shape index (κ2) is 10.2. The molecule has 0 aromatic heterocycles. The highest BCUT2D eigenvalue weighted by Gasteiger charge is 2.54. The van der Waals surface area contributed by atoms with Crippen molar-refractivity contribution in [1.82, 2.24) is 10.2 Å². The first kappa shape index (κ1) is 23.1. The van der Waals surface area contributed by atoms with Crippen molar-refractivity contribution in [3.8, 4) is 5.75 Å². The van der Waals surface area contributed by atoms with E-state index in [4.69, 9.17) is 9.47 Å². The average molecular weight is 463 g/mol. The van der Waals surface area contributed by atoms with Crippen LogP contribution >= 0.6 is 11.8 Å². The molecule has 1 saturated heterocycles. The number of fused-ring (bicyclic) bond motifs is 1. The summed E-state index contributed by atoms with van der Waals surface area (Å²) in [5.41, 5.74) is 0.713. The van der Waals surface area contributed by atoms with E-state index in [1.54, 1.807) is 24.3 Å². The minimum absolute atomic E-state index is 0.211. The van der Waals surface area contributed by atoms with E-state index in [2.05, 4.69) is 15.3 Å². The number of oxime groups is 1. The third-order valence-corrected chi connectivity index (χ3v) is 5.93. The number of rotatable bonds is 9. The van der Waals surface area contributed by atoms with E-state index in [9.17, 15) is 24.3 Å². The molecule has 3 rings (SSSR count). The first-order valence-electron chi connectivity index (χ1n) is 9.44. The van der Waals surface area contributed by atoms with Gasteiger partial charge in [-0.2, -0.15) is 0 Å². The molecule has 2 N–H and O–H groups in total. The number of nitrogens with zero attached hydrogens (tertiary/aromatic N) is 2. The Morgan fingerprint density at radius 3 is 2.78 bits per heavy atom. The summed E-state index contributed by atoms with van der Waals surface area (Å²) in [6.45, 7) is 0.653. The van der Waals surface area contributed by atoms with Gasteiger partial charge in [0.2, 0.25) is 0 Å². The molecule has 0 spiro atoms. The average Bonchev–Trinajstić information content (AvgIpc) is 2.77. The Bertz CT molecular complexity index is 993. The van der Waals surface area contributed by atoms with Gasteiger partial charge in [0, 0.05) is 23.8 Å². The number of carboxylic acids is 1.